The second-order valence-electron chi connectivity index (χ2n) is 5.00. The second-order valence-corrected chi connectivity index (χ2v) is 5.95. The Balaban J connectivity index is 1.71. The summed E-state index contributed by atoms with van der Waals surface area (Å²) in [4.78, 5) is 20.3. The van der Waals surface area contributed by atoms with Crippen LogP contribution in [0.5, 0.6) is 0 Å². The zero-order chi connectivity index (χ0) is 14.9. The monoisotopic (exact) mass is 307 g/mol. The van der Waals surface area contributed by atoms with Gasteiger partial charge in [-0.05, 0) is 53.2 Å². The number of carbonyl (C=O) groups is 1. The maximum Gasteiger partial charge on any atom is 0.333 e. The number of aromatic nitrogens is 1. The van der Waals surface area contributed by atoms with Crippen LogP contribution in [-0.2, 0) is 0 Å². The number of nitrogens with zero attached hydrogens (tertiary/aromatic N) is 3. The molecule has 0 radical (unpaired) electrons. The molecule has 2 aromatic heterocycles. The van der Waals surface area contributed by atoms with Gasteiger partial charge in [0.1, 0.15) is 0 Å². The van der Waals surface area contributed by atoms with E-state index in [2.05, 4.69) is 22.5 Å². The number of thiophene rings is 1. The fraction of sp³-hybridized carbons (Fsp3) is 0.0588. The average molecular weight is 307 g/mol. The number of urea groups is 1. The van der Waals surface area contributed by atoms with Crippen LogP contribution in [0, 0.1) is 0 Å². The van der Waals surface area contributed by atoms with Crippen LogP contribution in [0.3, 0.4) is 0 Å². The maximum absolute atomic E-state index is 12.8. The van der Waals surface area contributed by atoms with Gasteiger partial charge in [-0.25, -0.2) is 4.79 Å². The van der Waals surface area contributed by atoms with Crippen LogP contribution in [0.2, 0.25) is 0 Å². The molecule has 0 N–H and O–H groups in total. The van der Waals surface area contributed by atoms with Crippen molar-refractivity contribution in [3.8, 4) is 0 Å². The Bertz CT molecular complexity index is 856. The molecule has 3 aromatic rings. The van der Waals surface area contributed by atoms with Crippen LogP contribution in [0.15, 0.2) is 66.4 Å². The summed E-state index contributed by atoms with van der Waals surface area (Å²) in [7, 11) is 0. The molecule has 4 nitrogen and oxygen atoms in total. The minimum absolute atomic E-state index is 0.0647. The van der Waals surface area contributed by atoms with Crippen molar-refractivity contribution in [2.75, 3.05) is 16.3 Å². The van der Waals surface area contributed by atoms with Crippen molar-refractivity contribution in [2.24, 2.45) is 0 Å². The highest BCUT2D eigenvalue weighted by molar-refractivity contribution is 7.17. The van der Waals surface area contributed by atoms with Crippen LogP contribution in [-0.4, -0.2) is 17.6 Å². The van der Waals surface area contributed by atoms with Gasteiger partial charge in [0.2, 0.25) is 0 Å². The van der Waals surface area contributed by atoms with E-state index >= 15 is 0 Å². The van der Waals surface area contributed by atoms with Gasteiger partial charge >= 0.3 is 6.03 Å². The predicted molar refractivity (Wildman–Crippen MR) is 90.4 cm³/mol. The normalized spacial score (nSPS) is 14.8. The molecule has 1 aromatic carbocycles. The molecule has 0 spiro atoms. The Morgan fingerprint density at radius 2 is 2.09 bits per heavy atom. The van der Waals surface area contributed by atoms with Gasteiger partial charge in [0.05, 0.1) is 17.6 Å². The first kappa shape index (κ1) is 13.0. The van der Waals surface area contributed by atoms with E-state index in [0.717, 1.165) is 16.8 Å². The zero-order valence-electron chi connectivity index (χ0n) is 11.7. The highest BCUT2D eigenvalue weighted by atomic mass is 32.1. The highest BCUT2D eigenvalue weighted by Crippen LogP contribution is 2.28. The van der Waals surface area contributed by atoms with Crippen molar-refractivity contribution < 1.29 is 4.79 Å². The second kappa shape index (κ2) is 5.27. The summed E-state index contributed by atoms with van der Waals surface area (Å²) < 4.78 is 1.22. The summed E-state index contributed by atoms with van der Waals surface area (Å²) in [6, 6.07) is 11.8. The number of pyridine rings is 1. The van der Waals surface area contributed by atoms with Gasteiger partial charge in [-0.2, -0.15) is 0 Å². The molecule has 0 saturated carbocycles. The fourth-order valence-corrected chi connectivity index (χ4v) is 3.33. The molecule has 108 valence electrons. The van der Waals surface area contributed by atoms with Crippen LogP contribution >= 0.6 is 11.3 Å². The van der Waals surface area contributed by atoms with E-state index in [9.17, 15) is 4.79 Å². The summed E-state index contributed by atoms with van der Waals surface area (Å²) in [5.74, 6) is 0. The molecule has 1 aliphatic heterocycles. The molecule has 22 heavy (non-hydrogen) atoms. The fourth-order valence-electron chi connectivity index (χ4n) is 2.56. The first-order valence-corrected chi connectivity index (χ1v) is 7.85. The van der Waals surface area contributed by atoms with Gasteiger partial charge in [-0.15, -0.1) is 11.3 Å². The van der Waals surface area contributed by atoms with Crippen LogP contribution in [0.1, 0.15) is 0 Å². The number of anilines is 2. The van der Waals surface area contributed by atoms with E-state index in [0.29, 0.717) is 6.54 Å². The molecule has 0 bridgehead atoms. The molecule has 0 fully saturated rings. The first-order chi connectivity index (χ1) is 10.8. The summed E-state index contributed by atoms with van der Waals surface area (Å²) in [6.45, 7) is 0.557. The van der Waals surface area contributed by atoms with E-state index < -0.39 is 0 Å². The van der Waals surface area contributed by atoms with E-state index in [-0.39, 0.29) is 6.03 Å². The predicted octanol–water partition coefficient (Wildman–Crippen LogP) is 4.26. The van der Waals surface area contributed by atoms with Crippen molar-refractivity contribution in [1.82, 2.24) is 4.98 Å². The summed E-state index contributed by atoms with van der Waals surface area (Å²) in [6.07, 6.45) is 7.22. The third-order valence-corrected chi connectivity index (χ3v) is 4.55. The number of hydrogen-bond donors (Lipinski definition) is 0. The quantitative estimate of drug-likeness (QED) is 0.709. The molecule has 0 aliphatic carbocycles. The molecule has 3 heterocycles. The Kier molecular flexibility index (Phi) is 3.12. The zero-order valence-corrected chi connectivity index (χ0v) is 12.5. The van der Waals surface area contributed by atoms with Crippen LogP contribution in [0.25, 0.3) is 10.1 Å². The third-order valence-electron chi connectivity index (χ3n) is 3.65. The standard InChI is InChI=1S/C17H13N3OS/c21-17-19(14-4-5-16-13(11-14)6-10-22-16)8-2-9-20(17)15-3-1-7-18-12-15/h1-8,10-12H,9H2. The van der Waals surface area contributed by atoms with Crippen molar-refractivity contribution in [2.45, 2.75) is 0 Å². The maximum atomic E-state index is 12.8. The molecule has 0 unspecified atom stereocenters. The van der Waals surface area contributed by atoms with Crippen LogP contribution in [0.4, 0.5) is 16.2 Å². The Morgan fingerprint density at radius 1 is 1.14 bits per heavy atom. The van der Waals surface area contributed by atoms with Gasteiger partial charge in [-0.3, -0.25) is 14.8 Å². The lowest BCUT2D eigenvalue weighted by molar-refractivity contribution is 0.253. The van der Waals surface area contributed by atoms with E-state index in [1.165, 1.54) is 4.70 Å². The smallest absolute Gasteiger partial charge is 0.288 e. The van der Waals surface area contributed by atoms with E-state index in [4.69, 9.17) is 0 Å². The Labute approximate surface area is 131 Å². The van der Waals surface area contributed by atoms with E-state index in [1.54, 1.807) is 33.5 Å². The molecule has 4 rings (SSSR count). The van der Waals surface area contributed by atoms with Crippen molar-refractivity contribution >= 4 is 38.8 Å². The van der Waals surface area contributed by atoms with Gasteiger partial charge < -0.3 is 0 Å². The van der Waals surface area contributed by atoms with Gasteiger partial charge in [0, 0.05) is 23.6 Å². The van der Waals surface area contributed by atoms with Crippen molar-refractivity contribution in [1.29, 1.82) is 0 Å². The van der Waals surface area contributed by atoms with Gasteiger partial charge in [0.25, 0.3) is 0 Å². The molecular formula is C17H13N3OS. The van der Waals surface area contributed by atoms with Crippen LogP contribution < -0.4 is 9.80 Å². The molecule has 5 heteroatoms. The number of amides is 2. The lowest BCUT2D eigenvalue weighted by atomic mass is 10.2. The summed E-state index contributed by atoms with van der Waals surface area (Å²) in [5, 5.41) is 3.21. The van der Waals surface area contributed by atoms with E-state index in [1.807, 2.05) is 36.5 Å². The molecule has 2 amide bonds. The van der Waals surface area contributed by atoms with Gasteiger partial charge in [-0.1, -0.05) is 0 Å². The number of rotatable bonds is 2. The number of fused-ring (bicyclic) bond motifs is 1. The number of benzene rings is 1. The lowest BCUT2D eigenvalue weighted by Crippen LogP contribution is -2.44. The minimum Gasteiger partial charge on any atom is -0.288 e. The third kappa shape index (κ3) is 2.16. The molecule has 1 aliphatic rings. The Morgan fingerprint density at radius 3 is 2.95 bits per heavy atom. The largest absolute Gasteiger partial charge is 0.333 e. The molecule has 0 atom stereocenters. The first-order valence-electron chi connectivity index (χ1n) is 6.97. The number of carbonyl (C=O) groups excluding carboxylic acids is 1. The number of hydrogen-bond acceptors (Lipinski definition) is 3. The molecular weight excluding hydrogens is 294 g/mol. The lowest BCUT2D eigenvalue weighted by Gasteiger charge is -2.31. The Hall–Kier alpha value is -2.66. The SMILES string of the molecule is O=C1N(c2ccc3sccc3c2)C=CCN1c1cccnc1. The average Bonchev–Trinajstić information content (AvgIpc) is 3.03. The molecule has 0 saturated heterocycles. The topological polar surface area (TPSA) is 36.4 Å². The highest BCUT2D eigenvalue weighted by Gasteiger charge is 2.25. The van der Waals surface area contributed by atoms with Crippen molar-refractivity contribution in [3.05, 3.63) is 66.4 Å². The van der Waals surface area contributed by atoms with Gasteiger partial charge in [0.15, 0.2) is 0 Å². The summed E-state index contributed by atoms with van der Waals surface area (Å²) in [5.41, 5.74) is 1.68. The minimum atomic E-state index is -0.0647. The van der Waals surface area contributed by atoms with Crippen molar-refractivity contribution in [3.63, 3.8) is 0 Å². The summed E-state index contributed by atoms with van der Waals surface area (Å²) >= 11 is 1.70.